The van der Waals surface area contributed by atoms with E-state index in [1.54, 1.807) is 41.2 Å². The average molecular weight is 572 g/mol. The summed E-state index contributed by atoms with van der Waals surface area (Å²) in [4.78, 5) is 21.3. The number of amides is 2. The fourth-order valence-corrected chi connectivity index (χ4v) is 4.46. The minimum Gasteiger partial charge on any atom is -0.457 e. The molecule has 0 radical (unpaired) electrons. The number of carbonyl (C=O) groups is 1. The van der Waals surface area contributed by atoms with Gasteiger partial charge >= 0.3 is 6.03 Å². The molecule has 0 aliphatic carbocycles. The second kappa shape index (κ2) is 10.9. The molecule has 0 aliphatic heterocycles. The van der Waals surface area contributed by atoms with Gasteiger partial charge in [-0.3, -0.25) is 15.0 Å². The molecule has 0 fully saturated rings. The van der Waals surface area contributed by atoms with Crippen molar-refractivity contribution in [2.75, 3.05) is 21.6 Å². The Bertz CT molecular complexity index is 1830. The van der Waals surface area contributed by atoms with Crippen molar-refractivity contribution in [2.24, 2.45) is 0 Å². The van der Waals surface area contributed by atoms with Gasteiger partial charge in [0.1, 0.15) is 23.1 Å². The van der Waals surface area contributed by atoms with Crippen LogP contribution >= 0.6 is 0 Å². The molecule has 2 amide bonds. The lowest BCUT2D eigenvalue weighted by molar-refractivity contribution is 0.262. The van der Waals surface area contributed by atoms with Gasteiger partial charge in [-0.15, -0.1) is 0 Å². The fraction of sp³-hybridized carbons (Fsp3) is 0.172. The molecule has 5 rings (SSSR count). The molecule has 0 spiro atoms. The zero-order valence-electron chi connectivity index (χ0n) is 22.9. The highest BCUT2D eigenvalue weighted by molar-refractivity contribution is 7.92. The van der Waals surface area contributed by atoms with E-state index in [9.17, 15) is 13.2 Å². The predicted octanol–water partition coefficient (Wildman–Crippen LogP) is 5.92. The summed E-state index contributed by atoms with van der Waals surface area (Å²) in [6.45, 7) is 6.19. The van der Waals surface area contributed by atoms with Crippen molar-refractivity contribution < 1.29 is 17.9 Å². The van der Waals surface area contributed by atoms with E-state index in [0.29, 0.717) is 23.0 Å². The molecule has 12 heteroatoms. The first-order valence-corrected chi connectivity index (χ1v) is 14.6. The normalized spacial score (nSPS) is 11.7. The summed E-state index contributed by atoms with van der Waals surface area (Å²) < 4.78 is 32.7. The van der Waals surface area contributed by atoms with Gasteiger partial charge in [0.25, 0.3) is 0 Å². The van der Waals surface area contributed by atoms with Gasteiger partial charge in [0.2, 0.25) is 10.0 Å². The lowest BCUT2D eigenvalue weighted by Gasteiger charge is -2.14. The fourth-order valence-electron chi connectivity index (χ4n) is 3.97. The number of sulfonamides is 1. The number of rotatable bonds is 7. The van der Waals surface area contributed by atoms with Gasteiger partial charge in [-0.1, -0.05) is 26.8 Å². The maximum atomic E-state index is 13.0. The second-order valence-corrected chi connectivity index (χ2v) is 12.2. The van der Waals surface area contributed by atoms with Crippen molar-refractivity contribution in [3.8, 4) is 17.2 Å². The summed E-state index contributed by atoms with van der Waals surface area (Å²) in [5.41, 5.74) is 2.80. The van der Waals surface area contributed by atoms with Crippen LogP contribution in [0.1, 0.15) is 26.5 Å². The number of aromatic nitrogens is 4. The topological polar surface area (TPSA) is 140 Å². The van der Waals surface area contributed by atoms with E-state index in [2.05, 4.69) is 46.1 Å². The van der Waals surface area contributed by atoms with Gasteiger partial charge in [-0.25, -0.2) is 22.9 Å². The van der Waals surface area contributed by atoms with Crippen molar-refractivity contribution in [3.63, 3.8) is 0 Å². The van der Waals surface area contributed by atoms with Crippen molar-refractivity contribution in [1.82, 2.24) is 19.7 Å². The first-order valence-electron chi connectivity index (χ1n) is 12.7. The Morgan fingerprint density at radius 2 is 1.66 bits per heavy atom. The number of hydrogen-bond acceptors (Lipinski definition) is 7. The smallest absolute Gasteiger partial charge is 0.324 e. The summed E-state index contributed by atoms with van der Waals surface area (Å²) in [6, 6.07) is 20.9. The van der Waals surface area contributed by atoms with Gasteiger partial charge in [0, 0.05) is 41.0 Å². The molecule has 0 saturated heterocycles. The van der Waals surface area contributed by atoms with Crippen LogP contribution in [0.15, 0.2) is 85.2 Å². The summed E-state index contributed by atoms with van der Waals surface area (Å²) in [7, 11) is -3.46. The molecular weight excluding hydrogens is 542 g/mol. The Hall–Kier alpha value is -4.97. The Kier molecular flexibility index (Phi) is 7.33. The maximum Gasteiger partial charge on any atom is 0.324 e. The highest BCUT2D eigenvalue weighted by Crippen LogP contribution is 2.28. The molecule has 0 unspecified atom stereocenters. The number of carbonyl (C=O) groups excluding carboxylic acids is 1. The van der Waals surface area contributed by atoms with E-state index in [1.807, 2.05) is 36.4 Å². The number of nitrogens with zero attached hydrogens (tertiary/aromatic N) is 4. The highest BCUT2D eigenvalue weighted by atomic mass is 32.2. The lowest BCUT2D eigenvalue weighted by atomic mass is 9.92. The molecule has 11 nitrogen and oxygen atoms in total. The molecule has 2 aromatic carbocycles. The molecule has 5 aromatic rings. The second-order valence-electron chi connectivity index (χ2n) is 10.4. The summed E-state index contributed by atoms with van der Waals surface area (Å²) in [5.74, 6) is 1.56. The van der Waals surface area contributed by atoms with Gasteiger partial charge in [0.05, 0.1) is 23.2 Å². The van der Waals surface area contributed by atoms with Crippen LogP contribution in [0, 0.1) is 0 Å². The molecule has 3 aromatic heterocycles. The number of nitrogens with one attached hydrogen (secondary N) is 3. The standard InChI is InChI=1S/C29H29N7O4S/c1-29(2,3)25-18-27(36(34-25)21-9-12-24-19(16-21)6-5-14-30-24)33-28(37)32-20-7-10-22(11-8-20)40-23-13-15-31-26(17-23)35-41(4,38)39/h5-18H,1-4H3,(H,31,35)(H2,32,33,37). The molecule has 0 bridgehead atoms. The Morgan fingerprint density at radius 1 is 0.878 bits per heavy atom. The third-order valence-corrected chi connectivity index (χ3v) is 6.50. The van der Waals surface area contributed by atoms with E-state index in [4.69, 9.17) is 9.84 Å². The van der Waals surface area contributed by atoms with E-state index in [1.165, 1.54) is 12.3 Å². The minimum absolute atomic E-state index is 0.147. The average Bonchev–Trinajstić information content (AvgIpc) is 3.33. The molecule has 0 atom stereocenters. The Balaban J connectivity index is 1.30. The van der Waals surface area contributed by atoms with Crippen LogP contribution < -0.4 is 20.1 Å². The summed E-state index contributed by atoms with van der Waals surface area (Å²) >= 11 is 0. The zero-order chi connectivity index (χ0) is 29.2. The zero-order valence-corrected chi connectivity index (χ0v) is 23.7. The van der Waals surface area contributed by atoms with Gasteiger partial charge in [-0.05, 0) is 54.6 Å². The van der Waals surface area contributed by atoms with E-state index in [-0.39, 0.29) is 11.2 Å². The molecule has 3 N–H and O–H groups in total. The van der Waals surface area contributed by atoms with Crippen LogP contribution in [0.25, 0.3) is 16.6 Å². The third-order valence-electron chi connectivity index (χ3n) is 5.92. The van der Waals surface area contributed by atoms with Gasteiger partial charge in [-0.2, -0.15) is 5.10 Å². The molecule has 0 saturated carbocycles. The number of hydrogen-bond donors (Lipinski definition) is 3. The number of anilines is 3. The van der Waals surface area contributed by atoms with Crippen LogP contribution in [0.3, 0.4) is 0 Å². The van der Waals surface area contributed by atoms with Crippen molar-refractivity contribution in [3.05, 3.63) is 90.9 Å². The van der Waals surface area contributed by atoms with Crippen molar-refractivity contribution in [2.45, 2.75) is 26.2 Å². The Labute approximate surface area is 237 Å². The number of urea groups is 1. The monoisotopic (exact) mass is 571 g/mol. The Morgan fingerprint density at radius 3 is 2.39 bits per heavy atom. The molecular formula is C29H29N7O4S. The van der Waals surface area contributed by atoms with E-state index in [0.717, 1.165) is 28.5 Å². The molecule has 41 heavy (non-hydrogen) atoms. The first-order chi connectivity index (χ1) is 19.4. The van der Waals surface area contributed by atoms with Gasteiger partial charge in [0.15, 0.2) is 0 Å². The maximum absolute atomic E-state index is 13.0. The molecule has 210 valence electrons. The summed E-state index contributed by atoms with van der Waals surface area (Å²) in [6.07, 6.45) is 4.23. The molecule has 3 heterocycles. The minimum atomic E-state index is -3.46. The SMILES string of the molecule is CC(C)(C)c1cc(NC(=O)Nc2ccc(Oc3ccnc(NS(C)(=O)=O)c3)cc2)n(-c2ccc3ncccc3c2)n1. The predicted molar refractivity (Wildman–Crippen MR) is 159 cm³/mol. The highest BCUT2D eigenvalue weighted by Gasteiger charge is 2.22. The van der Waals surface area contributed by atoms with E-state index >= 15 is 0 Å². The van der Waals surface area contributed by atoms with Crippen LogP contribution in [-0.2, 0) is 15.4 Å². The summed E-state index contributed by atoms with van der Waals surface area (Å²) in [5, 5.41) is 11.5. The van der Waals surface area contributed by atoms with E-state index < -0.39 is 16.1 Å². The quantitative estimate of drug-likeness (QED) is 0.220. The number of fused-ring (bicyclic) bond motifs is 1. The van der Waals surface area contributed by atoms with Crippen LogP contribution in [0.4, 0.5) is 22.1 Å². The lowest BCUT2D eigenvalue weighted by Crippen LogP contribution is -2.21. The largest absolute Gasteiger partial charge is 0.457 e. The number of pyridine rings is 2. The molecule has 0 aliphatic rings. The van der Waals surface area contributed by atoms with Crippen LogP contribution in [0.2, 0.25) is 0 Å². The number of benzene rings is 2. The third kappa shape index (κ3) is 6.97. The van der Waals surface area contributed by atoms with Crippen LogP contribution in [0.5, 0.6) is 11.5 Å². The first kappa shape index (κ1) is 27.6. The van der Waals surface area contributed by atoms with Crippen LogP contribution in [-0.4, -0.2) is 40.5 Å². The number of ether oxygens (including phenoxy) is 1. The van der Waals surface area contributed by atoms with Crippen molar-refractivity contribution in [1.29, 1.82) is 0 Å². The van der Waals surface area contributed by atoms with Crippen molar-refractivity contribution >= 4 is 44.3 Å². The van der Waals surface area contributed by atoms with Gasteiger partial charge < -0.3 is 10.1 Å².